The maximum absolute atomic E-state index is 5.10. The molecule has 1 aromatic heterocycles. The van der Waals surface area contributed by atoms with Crippen LogP contribution in [-0.4, -0.2) is 28.5 Å². The van der Waals surface area contributed by atoms with Crippen molar-refractivity contribution in [3.8, 4) is 0 Å². The molecule has 5 heteroatoms. The highest BCUT2D eigenvalue weighted by atomic mass is 79.9. The third-order valence-electron chi connectivity index (χ3n) is 2.71. The van der Waals surface area contributed by atoms with Gasteiger partial charge in [-0.15, -0.1) is 10.2 Å². The van der Waals surface area contributed by atoms with E-state index in [9.17, 15) is 0 Å². The number of alkyl halides is 1. The molecule has 84 valence electrons. The maximum Gasteiger partial charge on any atom is 0.143 e. The molecule has 0 aliphatic heterocycles. The zero-order valence-electron chi connectivity index (χ0n) is 8.95. The topological polar surface area (TPSA) is 39.9 Å². The van der Waals surface area contributed by atoms with Gasteiger partial charge in [-0.1, -0.05) is 15.9 Å². The second-order valence-corrected chi connectivity index (χ2v) is 4.52. The second kappa shape index (κ2) is 5.07. The standard InChI is InChI=1S/C10H16BrN3O/c1-15-5-4-14-9(6-8-2-3-8)12-13-10(14)7-11/h8H,2-7H2,1H3. The number of hydrogen-bond donors (Lipinski definition) is 0. The van der Waals surface area contributed by atoms with Gasteiger partial charge in [0.25, 0.3) is 0 Å². The average Bonchev–Trinajstić information content (AvgIpc) is 2.97. The normalized spacial score (nSPS) is 15.9. The molecule has 0 bridgehead atoms. The smallest absolute Gasteiger partial charge is 0.143 e. The molecule has 15 heavy (non-hydrogen) atoms. The minimum atomic E-state index is 0.718. The van der Waals surface area contributed by atoms with Crippen LogP contribution in [0.5, 0.6) is 0 Å². The van der Waals surface area contributed by atoms with E-state index in [2.05, 4.69) is 30.7 Å². The number of rotatable bonds is 6. The molecule has 0 radical (unpaired) electrons. The van der Waals surface area contributed by atoms with Gasteiger partial charge in [0.1, 0.15) is 11.6 Å². The molecule has 0 atom stereocenters. The van der Waals surface area contributed by atoms with E-state index in [0.29, 0.717) is 0 Å². The fraction of sp³-hybridized carbons (Fsp3) is 0.800. The molecule has 0 spiro atoms. The van der Waals surface area contributed by atoms with Crippen LogP contribution in [0, 0.1) is 5.92 Å². The van der Waals surface area contributed by atoms with E-state index < -0.39 is 0 Å². The van der Waals surface area contributed by atoms with Crippen molar-refractivity contribution in [1.29, 1.82) is 0 Å². The number of nitrogens with zero attached hydrogens (tertiary/aromatic N) is 3. The van der Waals surface area contributed by atoms with Crippen molar-refractivity contribution in [3.05, 3.63) is 11.6 Å². The molecule has 1 heterocycles. The van der Waals surface area contributed by atoms with E-state index in [1.54, 1.807) is 7.11 Å². The van der Waals surface area contributed by atoms with Gasteiger partial charge in [0.05, 0.1) is 11.9 Å². The first-order chi connectivity index (χ1) is 7.35. The summed E-state index contributed by atoms with van der Waals surface area (Å²) in [5.41, 5.74) is 0. The van der Waals surface area contributed by atoms with E-state index in [-0.39, 0.29) is 0 Å². The molecule has 1 saturated carbocycles. The molecule has 2 rings (SSSR count). The van der Waals surface area contributed by atoms with Gasteiger partial charge in [0.15, 0.2) is 0 Å². The number of hydrogen-bond acceptors (Lipinski definition) is 3. The Bertz CT molecular complexity index is 322. The Balaban J connectivity index is 2.08. The Morgan fingerprint density at radius 1 is 1.40 bits per heavy atom. The minimum Gasteiger partial charge on any atom is -0.383 e. The summed E-state index contributed by atoms with van der Waals surface area (Å²) in [6.45, 7) is 1.57. The quantitative estimate of drug-likeness (QED) is 0.742. The molecule has 0 unspecified atom stereocenters. The SMILES string of the molecule is COCCn1c(CBr)nnc1CC1CC1. The third kappa shape index (κ3) is 2.78. The Kier molecular flexibility index (Phi) is 3.75. The van der Waals surface area contributed by atoms with Crippen LogP contribution in [0.1, 0.15) is 24.5 Å². The van der Waals surface area contributed by atoms with E-state index in [4.69, 9.17) is 4.74 Å². The largest absolute Gasteiger partial charge is 0.383 e. The summed E-state index contributed by atoms with van der Waals surface area (Å²) in [6.07, 6.45) is 3.77. The summed E-state index contributed by atoms with van der Waals surface area (Å²) in [4.78, 5) is 0. The highest BCUT2D eigenvalue weighted by Gasteiger charge is 2.24. The minimum absolute atomic E-state index is 0.718. The lowest BCUT2D eigenvalue weighted by molar-refractivity contribution is 0.185. The molecule has 1 aromatic rings. The van der Waals surface area contributed by atoms with Crippen LogP contribution >= 0.6 is 15.9 Å². The van der Waals surface area contributed by atoms with Crippen LogP contribution in [0.15, 0.2) is 0 Å². The van der Waals surface area contributed by atoms with Gasteiger partial charge in [-0.2, -0.15) is 0 Å². The lowest BCUT2D eigenvalue weighted by atomic mass is 10.3. The third-order valence-corrected chi connectivity index (χ3v) is 3.21. The highest BCUT2D eigenvalue weighted by Crippen LogP contribution is 2.32. The fourth-order valence-electron chi connectivity index (χ4n) is 1.64. The van der Waals surface area contributed by atoms with E-state index in [1.807, 2.05) is 0 Å². The second-order valence-electron chi connectivity index (χ2n) is 3.96. The first-order valence-corrected chi connectivity index (χ1v) is 6.43. The zero-order valence-corrected chi connectivity index (χ0v) is 10.5. The molecule has 0 amide bonds. The van der Waals surface area contributed by atoms with Gasteiger partial charge in [-0.25, -0.2) is 0 Å². The molecule has 1 aliphatic carbocycles. The predicted molar refractivity (Wildman–Crippen MR) is 61.0 cm³/mol. The number of methoxy groups -OCH3 is 1. The molecular weight excluding hydrogens is 258 g/mol. The Morgan fingerprint density at radius 3 is 2.73 bits per heavy atom. The van der Waals surface area contributed by atoms with Crippen LogP contribution in [0.2, 0.25) is 0 Å². The predicted octanol–water partition coefficient (Wildman–Crippen LogP) is 1.77. The summed E-state index contributed by atoms with van der Waals surface area (Å²) >= 11 is 3.43. The summed E-state index contributed by atoms with van der Waals surface area (Å²) in [7, 11) is 1.72. The van der Waals surface area contributed by atoms with Gasteiger partial charge in [-0.3, -0.25) is 0 Å². The van der Waals surface area contributed by atoms with Crippen molar-refractivity contribution in [2.45, 2.75) is 31.1 Å². The van der Waals surface area contributed by atoms with Crippen LogP contribution < -0.4 is 0 Å². The molecular formula is C10H16BrN3O. The Labute approximate surface area is 98.2 Å². The molecule has 0 aromatic carbocycles. The van der Waals surface area contributed by atoms with Gasteiger partial charge < -0.3 is 9.30 Å². The van der Waals surface area contributed by atoms with Crippen LogP contribution in [-0.2, 0) is 23.0 Å². The van der Waals surface area contributed by atoms with Crippen LogP contribution in [0.3, 0.4) is 0 Å². The Morgan fingerprint density at radius 2 is 2.13 bits per heavy atom. The van der Waals surface area contributed by atoms with Gasteiger partial charge in [0, 0.05) is 20.1 Å². The lowest BCUT2D eigenvalue weighted by Crippen LogP contribution is -2.11. The van der Waals surface area contributed by atoms with Crippen LogP contribution in [0.4, 0.5) is 0 Å². The van der Waals surface area contributed by atoms with E-state index in [0.717, 1.165) is 42.5 Å². The van der Waals surface area contributed by atoms with Gasteiger partial charge in [0.2, 0.25) is 0 Å². The number of ether oxygens (including phenoxy) is 1. The summed E-state index contributed by atoms with van der Waals surface area (Å²) < 4.78 is 7.28. The average molecular weight is 274 g/mol. The number of aromatic nitrogens is 3. The molecule has 0 N–H and O–H groups in total. The monoisotopic (exact) mass is 273 g/mol. The molecule has 1 fully saturated rings. The summed E-state index contributed by atoms with van der Waals surface area (Å²) in [6, 6.07) is 0. The summed E-state index contributed by atoms with van der Waals surface area (Å²) in [5.74, 6) is 2.96. The van der Waals surface area contributed by atoms with Crippen molar-refractivity contribution in [2.24, 2.45) is 5.92 Å². The van der Waals surface area contributed by atoms with Gasteiger partial charge in [-0.05, 0) is 18.8 Å². The summed E-state index contributed by atoms with van der Waals surface area (Å²) in [5, 5.41) is 9.18. The maximum atomic E-state index is 5.10. The van der Waals surface area contributed by atoms with Crippen molar-refractivity contribution < 1.29 is 4.74 Å². The zero-order chi connectivity index (χ0) is 10.7. The Hall–Kier alpha value is -0.420. The highest BCUT2D eigenvalue weighted by molar-refractivity contribution is 9.08. The van der Waals surface area contributed by atoms with Crippen molar-refractivity contribution in [3.63, 3.8) is 0 Å². The molecule has 4 nitrogen and oxygen atoms in total. The fourth-order valence-corrected chi connectivity index (χ4v) is 2.06. The first-order valence-electron chi connectivity index (χ1n) is 5.31. The molecule has 1 aliphatic rings. The molecule has 0 saturated heterocycles. The van der Waals surface area contributed by atoms with E-state index >= 15 is 0 Å². The lowest BCUT2D eigenvalue weighted by Gasteiger charge is -2.07. The van der Waals surface area contributed by atoms with Crippen molar-refractivity contribution in [1.82, 2.24) is 14.8 Å². The number of halogens is 1. The van der Waals surface area contributed by atoms with Crippen molar-refractivity contribution >= 4 is 15.9 Å². The van der Waals surface area contributed by atoms with Crippen molar-refractivity contribution in [2.75, 3.05) is 13.7 Å². The van der Waals surface area contributed by atoms with Crippen LogP contribution in [0.25, 0.3) is 0 Å². The van der Waals surface area contributed by atoms with Gasteiger partial charge >= 0.3 is 0 Å². The first kappa shape index (κ1) is 11.1. The van der Waals surface area contributed by atoms with E-state index in [1.165, 1.54) is 12.8 Å².